The maximum atomic E-state index is 12.4. The minimum atomic E-state index is -0.824. The smallest absolute Gasteiger partial charge is 0.251 e. The lowest BCUT2D eigenvalue weighted by Crippen LogP contribution is -2.41. The number of imidazole rings is 1. The molecule has 2 saturated heterocycles. The zero-order chi connectivity index (χ0) is 22.5. The summed E-state index contributed by atoms with van der Waals surface area (Å²) >= 11 is 0. The van der Waals surface area contributed by atoms with Crippen LogP contribution in [0, 0.1) is 6.92 Å². The third-order valence-corrected chi connectivity index (χ3v) is 5.71. The number of likely N-dealkylation sites (N-methyl/N-ethyl adjacent to an activating group) is 1. The van der Waals surface area contributed by atoms with Gasteiger partial charge in [0.15, 0.2) is 35.1 Å². The number of aromatic nitrogens is 4. The van der Waals surface area contributed by atoms with Crippen molar-refractivity contribution >= 4 is 22.9 Å². The normalized spacial score (nSPS) is 26.2. The monoisotopic (exact) mass is 438 g/mol. The molecular weight excluding hydrogens is 412 g/mol. The number of hydrogen-bond donors (Lipinski definition) is 2. The van der Waals surface area contributed by atoms with E-state index >= 15 is 0 Å². The molecule has 1 aromatic carbocycles. The molecule has 4 atom stereocenters. The van der Waals surface area contributed by atoms with E-state index in [2.05, 4.69) is 50.7 Å². The Morgan fingerprint density at radius 3 is 2.78 bits per heavy atom. The maximum absolute atomic E-state index is 12.4. The van der Waals surface area contributed by atoms with E-state index in [9.17, 15) is 4.79 Å². The molecule has 0 bridgehead atoms. The Labute approximate surface area is 185 Å². The van der Waals surface area contributed by atoms with E-state index in [0.29, 0.717) is 23.5 Å². The lowest BCUT2D eigenvalue weighted by Gasteiger charge is -2.24. The van der Waals surface area contributed by atoms with Gasteiger partial charge in [0.1, 0.15) is 18.5 Å². The fraction of sp³-hybridized carbons (Fsp3) is 0.455. The van der Waals surface area contributed by atoms with E-state index in [1.807, 2.05) is 19.9 Å². The Balaban J connectivity index is 1.45. The van der Waals surface area contributed by atoms with Crippen LogP contribution in [0.3, 0.4) is 0 Å². The predicted octanol–water partition coefficient (Wildman–Crippen LogP) is 1.91. The van der Waals surface area contributed by atoms with E-state index in [1.165, 1.54) is 11.9 Å². The molecule has 10 heteroatoms. The van der Waals surface area contributed by atoms with Crippen LogP contribution in [-0.4, -0.2) is 56.6 Å². The average molecular weight is 438 g/mol. The van der Waals surface area contributed by atoms with Crippen LogP contribution in [0.4, 0.5) is 5.82 Å². The molecule has 0 unspecified atom stereocenters. The molecule has 3 aromatic rings. The number of carbonyl (C=O) groups excluding carboxylic acids is 1. The molecular formula is C22H26N6O4. The fourth-order valence-electron chi connectivity index (χ4n) is 4.33. The van der Waals surface area contributed by atoms with Crippen molar-refractivity contribution in [1.29, 1.82) is 0 Å². The molecule has 10 nitrogen and oxygen atoms in total. The second-order valence-electron chi connectivity index (χ2n) is 8.52. The SMILES string of the molecule is CNC(=O)[C@H]1O[C@@H](n2cnc3c(NCc4cccc(C)c4)ncnc32)[C@@H]2OC(C)(C)O[C@@H]21. The Bertz CT molecular complexity index is 1160. The highest BCUT2D eigenvalue weighted by atomic mass is 16.8. The number of aryl methyl sites for hydroxylation is 1. The van der Waals surface area contributed by atoms with Crippen LogP contribution in [0.1, 0.15) is 31.2 Å². The Morgan fingerprint density at radius 1 is 1.19 bits per heavy atom. The summed E-state index contributed by atoms with van der Waals surface area (Å²) in [5.41, 5.74) is 3.54. The summed E-state index contributed by atoms with van der Waals surface area (Å²) in [7, 11) is 1.57. The van der Waals surface area contributed by atoms with Crippen molar-refractivity contribution in [3.8, 4) is 0 Å². The number of fused-ring (bicyclic) bond motifs is 2. The molecule has 0 spiro atoms. The Hall–Kier alpha value is -3.08. The molecule has 2 N–H and O–H groups in total. The first-order valence-electron chi connectivity index (χ1n) is 10.6. The fourth-order valence-corrected chi connectivity index (χ4v) is 4.33. The minimum Gasteiger partial charge on any atom is -0.364 e. The van der Waals surface area contributed by atoms with E-state index < -0.39 is 30.3 Å². The van der Waals surface area contributed by atoms with Gasteiger partial charge in [-0.2, -0.15) is 0 Å². The summed E-state index contributed by atoms with van der Waals surface area (Å²) in [5.74, 6) is -0.463. The average Bonchev–Trinajstić information content (AvgIpc) is 3.42. The van der Waals surface area contributed by atoms with Gasteiger partial charge in [-0.3, -0.25) is 9.36 Å². The first kappa shape index (κ1) is 20.8. The number of amides is 1. The van der Waals surface area contributed by atoms with Crippen molar-refractivity contribution < 1.29 is 19.0 Å². The molecule has 0 saturated carbocycles. The lowest BCUT2D eigenvalue weighted by atomic mass is 10.1. The summed E-state index contributed by atoms with van der Waals surface area (Å²) < 4.78 is 19.9. The van der Waals surface area contributed by atoms with Crippen LogP contribution in [-0.2, 0) is 25.5 Å². The lowest BCUT2D eigenvalue weighted by molar-refractivity contribution is -0.197. The van der Waals surface area contributed by atoms with Gasteiger partial charge in [-0.05, 0) is 26.3 Å². The number of carbonyl (C=O) groups is 1. The van der Waals surface area contributed by atoms with Gasteiger partial charge in [-0.25, -0.2) is 15.0 Å². The van der Waals surface area contributed by atoms with Crippen molar-refractivity contribution in [2.45, 2.75) is 57.6 Å². The molecule has 2 fully saturated rings. The van der Waals surface area contributed by atoms with Crippen LogP contribution in [0.15, 0.2) is 36.9 Å². The highest BCUT2D eigenvalue weighted by molar-refractivity contribution is 5.83. The van der Waals surface area contributed by atoms with Gasteiger partial charge in [0.2, 0.25) is 0 Å². The molecule has 32 heavy (non-hydrogen) atoms. The Kier molecular flexibility index (Phi) is 5.07. The van der Waals surface area contributed by atoms with Gasteiger partial charge in [0.25, 0.3) is 5.91 Å². The molecule has 0 radical (unpaired) electrons. The Morgan fingerprint density at radius 2 is 2.00 bits per heavy atom. The summed E-state index contributed by atoms with van der Waals surface area (Å²) in [6.45, 7) is 6.32. The number of ether oxygens (including phenoxy) is 3. The van der Waals surface area contributed by atoms with Crippen molar-refractivity contribution in [2.75, 3.05) is 12.4 Å². The molecule has 2 aliphatic heterocycles. The van der Waals surface area contributed by atoms with Crippen LogP contribution < -0.4 is 10.6 Å². The second-order valence-corrected chi connectivity index (χ2v) is 8.52. The first-order chi connectivity index (χ1) is 15.4. The second kappa shape index (κ2) is 7.80. The molecule has 0 aliphatic carbocycles. The zero-order valence-corrected chi connectivity index (χ0v) is 18.4. The number of nitrogens with zero attached hydrogens (tertiary/aromatic N) is 4. The quantitative estimate of drug-likeness (QED) is 0.621. The van der Waals surface area contributed by atoms with Crippen LogP contribution in [0.25, 0.3) is 11.2 Å². The van der Waals surface area contributed by atoms with Crippen molar-refractivity contribution in [3.63, 3.8) is 0 Å². The molecule has 168 valence electrons. The first-order valence-corrected chi connectivity index (χ1v) is 10.6. The number of hydrogen-bond acceptors (Lipinski definition) is 8. The number of benzene rings is 1. The van der Waals surface area contributed by atoms with E-state index in [-0.39, 0.29) is 5.91 Å². The highest BCUT2D eigenvalue weighted by Gasteiger charge is 2.58. The van der Waals surface area contributed by atoms with Gasteiger partial charge in [0.05, 0.1) is 6.33 Å². The maximum Gasteiger partial charge on any atom is 0.251 e. The van der Waals surface area contributed by atoms with Crippen LogP contribution in [0.2, 0.25) is 0 Å². The summed E-state index contributed by atoms with van der Waals surface area (Å²) in [5, 5.41) is 5.98. The summed E-state index contributed by atoms with van der Waals surface area (Å²) in [6, 6.07) is 8.26. The number of anilines is 1. The summed E-state index contributed by atoms with van der Waals surface area (Å²) in [4.78, 5) is 25.7. The largest absolute Gasteiger partial charge is 0.364 e. The standard InChI is InChI=1S/C22H26N6O4/c1-12-6-5-7-13(8-12)9-24-18-14-19(26-10-25-18)28(11-27-14)21-17-15(31-22(2,3)32-17)16(30-21)20(29)23-4/h5-8,10-11,15-17,21H,9H2,1-4H3,(H,23,29)(H,24,25,26)/t15-,16+,17-,21-/m1/s1. The molecule has 4 heterocycles. The minimum absolute atomic E-state index is 0.261. The molecule has 1 amide bonds. The van der Waals surface area contributed by atoms with E-state index in [0.717, 1.165) is 5.56 Å². The van der Waals surface area contributed by atoms with Gasteiger partial charge < -0.3 is 24.8 Å². The van der Waals surface area contributed by atoms with Gasteiger partial charge in [-0.1, -0.05) is 29.8 Å². The predicted molar refractivity (Wildman–Crippen MR) is 116 cm³/mol. The van der Waals surface area contributed by atoms with Crippen LogP contribution >= 0.6 is 0 Å². The molecule has 2 aliphatic rings. The van der Waals surface area contributed by atoms with Gasteiger partial charge in [-0.15, -0.1) is 0 Å². The number of nitrogens with one attached hydrogen (secondary N) is 2. The van der Waals surface area contributed by atoms with E-state index in [1.54, 1.807) is 17.9 Å². The molecule has 5 rings (SSSR count). The van der Waals surface area contributed by atoms with Gasteiger partial charge in [0, 0.05) is 13.6 Å². The number of rotatable bonds is 5. The van der Waals surface area contributed by atoms with Gasteiger partial charge >= 0.3 is 0 Å². The third kappa shape index (κ3) is 3.60. The van der Waals surface area contributed by atoms with Crippen molar-refractivity contribution in [1.82, 2.24) is 24.8 Å². The third-order valence-electron chi connectivity index (χ3n) is 5.71. The topological polar surface area (TPSA) is 112 Å². The van der Waals surface area contributed by atoms with Crippen LogP contribution in [0.5, 0.6) is 0 Å². The highest BCUT2D eigenvalue weighted by Crippen LogP contribution is 2.43. The van der Waals surface area contributed by atoms with Crippen molar-refractivity contribution in [2.24, 2.45) is 0 Å². The zero-order valence-electron chi connectivity index (χ0n) is 18.4. The van der Waals surface area contributed by atoms with E-state index in [4.69, 9.17) is 14.2 Å². The molecule has 2 aromatic heterocycles. The van der Waals surface area contributed by atoms with Crippen molar-refractivity contribution in [3.05, 3.63) is 48.0 Å². The summed E-state index contributed by atoms with van der Waals surface area (Å²) in [6.07, 6.45) is 0.692.